The maximum atomic E-state index is 13.4. The molecule has 3 heterocycles. The number of hydrogen-bond donors (Lipinski definition) is 3. The average Bonchev–Trinajstić information content (AvgIpc) is 3.08. The first-order valence-corrected chi connectivity index (χ1v) is 13.7. The van der Waals surface area contributed by atoms with Crippen molar-refractivity contribution in [3.63, 3.8) is 0 Å². The van der Waals surface area contributed by atoms with Crippen molar-refractivity contribution in [3.8, 4) is 0 Å². The van der Waals surface area contributed by atoms with Crippen LogP contribution >= 0.6 is 0 Å². The van der Waals surface area contributed by atoms with Crippen molar-refractivity contribution < 1.29 is 16.8 Å². The summed E-state index contributed by atoms with van der Waals surface area (Å²) in [5.41, 5.74) is -0.429. The number of aromatic nitrogens is 3. The van der Waals surface area contributed by atoms with E-state index >= 15 is 0 Å². The van der Waals surface area contributed by atoms with Crippen LogP contribution < -0.4 is 31.1 Å². The van der Waals surface area contributed by atoms with Gasteiger partial charge in [0, 0.05) is 18.3 Å². The second kappa shape index (κ2) is 8.13. The Morgan fingerprint density at radius 1 is 1.15 bits per heavy atom. The van der Waals surface area contributed by atoms with E-state index in [4.69, 9.17) is 0 Å². The minimum absolute atomic E-state index is 0.0471. The Bertz CT molecular complexity index is 1700. The highest BCUT2D eigenvalue weighted by Gasteiger charge is 2.29. The molecular formula is C20H24N6O6S2. The lowest BCUT2D eigenvalue weighted by Crippen LogP contribution is -2.53. The quantitative estimate of drug-likeness (QED) is 0.426. The van der Waals surface area contributed by atoms with Gasteiger partial charge in [0.15, 0.2) is 0 Å². The first-order chi connectivity index (χ1) is 15.8. The van der Waals surface area contributed by atoms with Crippen LogP contribution in [0.5, 0.6) is 0 Å². The van der Waals surface area contributed by atoms with Gasteiger partial charge in [0.25, 0.3) is 21.1 Å². The molecule has 0 aliphatic carbocycles. The molecule has 0 saturated carbocycles. The Hall–Kier alpha value is -3.39. The lowest BCUT2D eigenvalue weighted by Gasteiger charge is -2.23. The van der Waals surface area contributed by atoms with Crippen molar-refractivity contribution in [2.45, 2.75) is 38.6 Å². The summed E-state index contributed by atoms with van der Waals surface area (Å²) in [6.45, 7) is 6.01. The summed E-state index contributed by atoms with van der Waals surface area (Å²) in [6.07, 6.45) is 1.60. The summed E-state index contributed by atoms with van der Waals surface area (Å²) in [5.74, 6) is -0.00778. The van der Waals surface area contributed by atoms with Crippen molar-refractivity contribution in [3.05, 3.63) is 55.9 Å². The SMILES string of the molecule is Cc1cc2n(CCC(C)C)c(=O)/c(=C3/Nc4ccc(NS(C)(=O)=O)cc4S(=O)(=O)N3)c(=O)n2n1. The van der Waals surface area contributed by atoms with Gasteiger partial charge in [-0.25, -0.2) is 16.8 Å². The third-order valence-corrected chi connectivity index (χ3v) is 7.20. The minimum atomic E-state index is -4.24. The molecule has 0 radical (unpaired) electrons. The van der Waals surface area contributed by atoms with E-state index in [1.165, 1.54) is 16.7 Å². The van der Waals surface area contributed by atoms with Crippen LogP contribution in [0.15, 0.2) is 38.8 Å². The molecule has 0 fully saturated rings. The smallest absolute Gasteiger partial charge is 0.289 e. The van der Waals surface area contributed by atoms with Gasteiger partial charge in [-0.15, -0.1) is 0 Å². The number of rotatable bonds is 5. The van der Waals surface area contributed by atoms with Gasteiger partial charge in [-0.1, -0.05) is 13.8 Å². The number of sulfonamides is 2. The van der Waals surface area contributed by atoms with E-state index in [0.29, 0.717) is 24.3 Å². The molecule has 0 bridgehead atoms. The molecule has 2 aromatic heterocycles. The number of nitrogens with zero attached hydrogens (tertiary/aromatic N) is 3. The molecule has 1 aliphatic rings. The Morgan fingerprint density at radius 3 is 2.50 bits per heavy atom. The Balaban J connectivity index is 1.96. The summed E-state index contributed by atoms with van der Waals surface area (Å²) < 4.78 is 55.9. The fourth-order valence-electron chi connectivity index (χ4n) is 3.67. The molecule has 182 valence electrons. The average molecular weight is 509 g/mol. The van der Waals surface area contributed by atoms with E-state index in [1.54, 1.807) is 13.0 Å². The van der Waals surface area contributed by atoms with Crippen molar-refractivity contribution in [2.75, 3.05) is 16.3 Å². The van der Waals surface area contributed by atoms with Crippen LogP contribution in [0.1, 0.15) is 26.0 Å². The number of hydrogen-bond acceptors (Lipinski definition) is 8. The summed E-state index contributed by atoms with van der Waals surface area (Å²) >= 11 is 0. The van der Waals surface area contributed by atoms with Crippen LogP contribution in [0.4, 0.5) is 11.4 Å². The standard InChI is InChI=1S/C20H24N6O6S2/c1-11(2)7-8-25-16-9-12(3)22-26(16)20(28)17(19(25)27)18-21-14-6-5-13(23-33(4,29)30)10-15(14)34(31,32)24-18/h5-6,9-11,21,23-24H,7-8H2,1-4H3/b18-17+. The number of aryl methyl sites for hydroxylation is 2. The van der Waals surface area contributed by atoms with Crippen LogP contribution in [0.3, 0.4) is 0 Å². The Kier molecular flexibility index (Phi) is 5.68. The van der Waals surface area contributed by atoms with Gasteiger partial charge in [-0.05, 0) is 37.5 Å². The van der Waals surface area contributed by atoms with E-state index in [2.05, 4.69) is 19.9 Å². The molecule has 34 heavy (non-hydrogen) atoms. The number of anilines is 2. The second-order valence-corrected chi connectivity index (χ2v) is 12.0. The van der Waals surface area contributed by atoms with Crippen molar-refractivity contribution >= 4 is 42.9 Å². The lowest BCUT2D eigenvalue weighted by atomic mass is 10.1. The molecular weight excluding hydrogens is 484 g/mol. The zero-order valence-electron chi connectivity index (χ0n) is 18.9. The summed E-state index contributed by atoms with van der Waals surface area (Å²) in [4.78, 5) is 26.4. The fourth-order valence-corrected chi connectivity index (χ4v) is 5.45. The molecule has 12 nitrogen and oxygen atoms in total. The van der Waals surface area contributed by atoms with E-state index in [0.717, 1.165) is 16.8 Å². The minimum Gasteiger partial charge on any atom is -0.339 e. The maximum Gasteiger partial charge on any atom is 0.289 e. The maximum absolute atomic E-state index is 13.4. The van der Waals surface area contributed by atoms with Gasteiger partial charge in [-0.3, -0.25) is 23.6 Å². The molecule has 3 aromatic rings. The van der Waals surface area contributed by atoms with Crippen LogP contribution in [0.25, 0.3) is 11.5 Å². The normalized spacial score (nSPS) is 16.7. The molecule has 1 aromatic carbocycles. The largest absolute Gasteiger partial charge is 0.339 e. The third-order valence-electron chi connectivity index (χ3n) is 5.21. The first-order valence-electron chi connectivity index (χ1n) is 10.4. The topological polar surface area (TPSA) is 161 Å². The van der Waals surface area contributed by atoms with Gasteiger partial charge in [0.2, 0.25) is 10.0 Å². The monoisotopic (exact) mass is 508 g/mol. The van der Waals surface area contributed by atoms with E-state index in [-0.39, 0.29) is 28.0 Å². The van der Waals surface area contributed by atoms with Gasteiger partial charge < -0.3 is 5.32 Å². The van der Waals surface area contributed by atoms with Crippen LogP contribution in [0.2, 0.25) is 0 Å². The zero-order chi connectivity index (χ0) is 25.0. The third kappa shape index (κ3) is 4.37. The van der Waals surface area contributed by atoms with Gasteiger partial charge in [0.05, 0.1) is 17.6 Å². The highest BCUT2D eigenvalue weighted by molar-refractivity contribution is 7.92. The summed E-state index contributed by atoms with van der Waals surface area (Å²) in [5, 5.41) is 6.59. The van der Waals surface area contributed by atoms with Crippen molar-refractivity contribution in [1.82, 2.24) is 18.9 Å². The molecule has 3 N–H and O–H groups in total. The fraction of sp³-hybridized carbons (Fsp3) is 0.350. The number of nitrogens with one attached hydrogen (secondary N) is 3. The van der Waals surface area contributed by atoms with Gasteiger partial charge in [-0.2, -0.15) is 9.61 Å². The highest BCUT2D eigenvalue weighted by Crippen LogP contribution is 2.30. The summed E-state index contributed by atoms with van der Waals surface area (Å²) in [6, 6.07) is 5.48. The second-order valence-electron chi connectivity index (χ2n) is 8.57. The molecule has 0 spiro atoms. The summed E-state index contributed by atoms with van der Waals surface area (Å²) in [7, 11) is -7.87. The van der Waals surface area contributed by atoms with Gasteiger partial charge in [0.1, 0.15) is 21.6 Å². The molecule has 1 aliphatic heterocycles. The zero-order valence-corrected chi connectivity index (χ0v) is 20.5. The lowest BCUT2D eigenvalue weighted by molar-refractivity contribution is 0.509. The van der Waals surface area contributed by atoms with Crippen molar-refractivity contribution in [1.29, 1.82) is 0 Å². The molecule has 0 saturated heterocycles. The Morgan fingerprint density at radius 2 is 1.85 bits per heavy atom. The van der Waals surface area contributed by atoms with Crippen molar-refractivity contribution in [2.24, 2.45) is 5.92 Å². The van der Waals surface area contributed by atoms with Crippen LogP contribution in [0, 0.1) is 12.8 Å². The predicted molar refractivity (Wildman–Crippen MR) is 127 cm³/mol. The molecule has 0 amide bonds. The van der Waals surface area contributed by atoms with Crippen LogP contribution in [-0.4, -0.2) is 37.3 Å². The number of fused-ring (bicyclic) bond motifs is 2. The molecule has 0 atom stereocenters. The van der Waals surface area contributed by atoms with E-state index in [1.807, 2.05) is 13.8 Å². The first kappa shape index (κ1) is 23.8. The number of benzene rings is 1. The van der Waals surface area contributed by atoms with Gasteiger partial charge >= 0.3 is 0 Å². The van der Waals surface area contributed by atoms with E-state index in [9.17, 15) is 26.4 Å². The van der Waals surface area contributed by atoms with E-state index < -0.39 is 36.4 Å². The molecule has 4 rings (SSSR count). The molecule has 0 unspecified atom stereocenters. The molecule has 14 heteroatoms. The van der Waals surface area contributed by atoms with Crippen LogP contribution in [-0.2, 0) is 26.6 Å². The predicted octanol–water partition coefficient (Wildman–Crippen LogP) is -0.229. The Labute approximate surface area is 195 Å². The highest BCUT2D eigenvalue weighted by atomic mass is 32.2.